The first kappa shape index (κ1) is 31.4. The molecule has 0 amide bonds. The Morgan fingerprint density at radius 1 is 0.941 bits per heavy atom. The largest absolute Gasteiger partial charge is 0.388 e. The van der Waals surface area contributed by atoms with Crippen LogP contribution in [0.25, 0.3) is 0 Å². The van der Waals surface area contributed by atoms with Gasteiger partial charge in [0.25, 0.3) is 0 Å². The summed E-state index contributed by atoms with van der Waals surface area (Å²) in [5.74, 6) is -0.0171. The van der Waals surface area contributed by atoms with Crippen molar-refractivity contribution in [2.75, 3.05) is 46.2 Å². The first-order valence-corrected chi connectivity index (χ1v) is 12.5. The number of rotatable bonds is 16. The van der Waals surface area contributed by atoms with E-state index in [1.807, 2.05) is 20.8 Å². The summed E-state index contributed by atoms with van der Waals surface area (Å²) in [7, 11) is 0. The van der Waals surface area contributed by atoms with Crippen molar-refractivity contribution < 1.29 is 38.6 Å². The predicted octanol–water partition coefficient (Wildman–Crippen LogP) is 3.33. The highest BCUT2D eigenvalue weighted by atomic mass is 16.7. The van der Waals surface area contributed by atoms with E-state index in [1.54, 1.807) is 6.08 Å². The summed E-state index contributed by atoms with van der Waals surface area (Å²) in [6.07, 6.45) is 0.378. The number of unbranched alkanes of at least 4 members (excludes halogenated alkanes) is 1. The second kappa shape index (κ2) is 15.5. The molecule has 1 saturated heterocycles. The van der Waals surface area contributed by atoms with Crippen LogP contribution in [0, 0.1) is 11.3 Å². The minimum Gasteiger partial charge on any atom is -0.388 e. The zero-order valence-corrected chi connectivity index (χ0v) is 22.5. The van der Waals surface area contributed by atoms with E-state index in [-0.39, 0.29) is 37.8 Å². The van der Waals surface area contributed by atoms with Crippen LogP contribution >= 0.6 is 0 Å². The first-order valence-electron chi connectivity index (χ1n) is 12.5. The third-order valence-corrected chi connectivity index (χ3v) is 5.47. The molecule has 6 atom stereocenters. The Kier molecular flexibility index (Phi) is 14.4. The van der Waals surface area contributed by atoms with Gasteiger partial charge >= 0.3 is 0 Å². The van der Waals surface area contributed by atoms with E-state index >= 15 is 0 Å². The highest BCUT2D eigenvalue weighted by Gasteiger charge is 2.48. The van der Waals surface area contributed by atoms with Crippen LogP contribution in [0.5, 0.6) is 0 Å². The molecule has 0 spiro atoms. The Bertz CT molecular complexity index is 542. The number of ether oxygens (including phenoxy) is 6. The molecule has 0 radical (unpaired) electrons. The molecule has 0 aromatic rings. The molecule has 1 rings (SSSR count). The minimum absolute atomic E-state index is 0.0171. The lowest BCUT2D eigenvalue weighted by molar-refractivity contribution is -0.313. The van der Waals surface area contributed by atoms with Gasteiger partial charge < -0.3 is 38.6 Å². The Balaban J connectivity index is 2.95. The van der Waals surface area contributed by atoms with Crippen LogP contribution in [0.4, 0.5) is 0 Å². The third kappa shape index (κ3) is 12.4. The lowest BCUT2D eigenvalue weighted by Crippen LogP contribution is -2.58. The van der Waals surface area contributed by atoms with Crippen LogP contribution < -0.4 is 0 Å². The quantitative estimate of drug-likeness (QED) is 0.251. The number of hydrogen-bond acceptors (Lipinski definition) is 8. The van der Waals surface area contributed by atoms with Crippen molar-refractivity contribution in [3.05, 3.63) is 12.7 Å². The molecule has 0 aliphatic carbocycles. The molecule has 0 bridgehead atoms. The van der Waals surface area contributed by atoms with Crippen molar-refractivity contribution in [3.8, 4) is 0 Å². The molecular formula is C26H50O8. The molecule has 8 heteroatoms. The molecular weight excluding hydrogens is 440 g/mol. The number of aliphatic hydroxyl groups is 2. The van der Waals surface area contributed by atoms with Crippen molar-refractivity contribution in [2.45, 2.75) is 97.6 Å². The summed E-state index contributed by atoms with van der Waals surface area (Å²) in [6.45, 7) is 19.8. The van der Waals surface area contributed by atoms with Crippen LogP contribution in [0.1, 0.15) is 61.3 Å². The zero-order valence-electron chi connectivity index (χ0n) is 22.5. The van der Waals surface area contributed by atoms with E-state index in [9.17, 15) is 10.2 Å². The van der Waals surface area contributed by atoms with Crippen molar-refractivity contribution >= 4 is 0 Å². The summed E-state index contributed by atoms with van der Waals surface area (Å²) in [5.41, 5.74) is -0.615. The second-order valence-electron chi connectivity index (χ2n) is 11.1. The van der Waals surface area contributed by atoms with E-state index in [0.29, 0.717) is 19.8 Å². The van der Waals surface area contributed by atoms with E-state index in [4.69, 9.17) is 28.4 Å². The second-order valence-corrected chi connectivity index (χ2v) is 11.1. The van der Waals surface area contributed by atoms with Crippen LogP contribution in [0.3, 0.4) is 0 Å². The number of aliphatic hydroxyl groups excluding tert-OH is 2. The predicted molar refractivity (Wildman–Crippen MR) is 132 cm³/mol. The van der Waals surface area contributed by atoms with Crippen LogP contribution in [0.15, 0.2) is 12.7 Å². The average molecular weight is 491 g/mol. The van der Waals surface area contributed by atoms with E-state index < -0.39 is 36.3 Å². The maximum absolute atomic E-state index is 10.4. The van der Waals surface area contributed by atoms with E-state index in [0.717, 1.165) is 12.8 Å². The van der Waals surface area contributed by atoms with Gasteiger partial charge in [-0.2, -0.15) is 0 Å². The summed E-state index contributed by atoms with van der Waals surface area (Å²) in [5, 5.41) is 20.8. The first-order chi connectivity index (χ1) is 15.9. The Hall–Kier alpha value is -0.580. The standard InChI is InChI=1S/C26H50O8/c1-9-11-13-30-15-20(28)17-32-23-22(31-16-19(27)14-29-12-10-2)21(25(3,4)5)18-33-24(23)34-26(6,7)8/h10,19-24,27-28H,2,9,11-18H2,1,3-8H3. The monoisotopic (exact) mass is 490 g/mol. The molecule has 2 N–H and O–H groups in total. The van der Waals surface area contributed by atoms with Gasteiger partial charge in [0.05, 0.1) is 51.3 Å². The van der Waals surface area contributed by atoms with Crippen molar-refractivity contribution in [1.29, 1.82) is 0 Å². The lowest BCUT2D eigenvalue weighted by Gasteiger charge is -2.48. The smallest absolute Gasteiger partial charge is 0.186 e. The fourth-order valence-corrected chi connectivity index (χ4v) is 3.64. The Morgan fingerprint density at radius 3 is 2.06 bits per heavy atom. The molecule has 6 unspecified atom stereocenters. The van der Waals surface area contributed by atoms with E-state index in [1.165, 1.54) is 0 Å². The number of hydrogen-bond donors (Lipinski definition) is 2. The van der Waals surface area contributed by atoms with Crippen LogP contribution in [-0.4, -0.2) is 92.8 Å². The molecule has 0 aromatic carbocycles. The highest BCUT2D eigenvalue weighted by molar-refractivity contribution is 4.92. The van der Waals surface area contributed by atoms with Gasteiger partial charge in [0.1, 0.15) is 18.3 Å². The molecule has 1 aliphatic rings. The SMILES string of the molecule is C=CCOCC(O)COC1C(OCC(O)COCCCC)C(OC(C)(C)C)OCC1C(C)(C)C. The van der Waals surface area contributed by atoms with Gasteiger partial charge in [-0.3, -0.25) is 0 Å². The Morgan fingerprint density at radius 2 is 1.53 bits per heavy atom. The van der Waals surface area contributed by atoms with Gasteiger partial charge in [-0.1, -0.05) is 40.2 Å². The molecule has 0 aromatic heterocycles. The van der Waals surface area contributed by atoms with Gasteiger partial charge in [0.15, 0.2) is 6.29 Å². The van der Waals surface area contributed by atoms with Gasteiger partial charge in [0, 0.05) is 12.5 Å². The summed E-state index contributed by atoms with van der Waals surface area (Å²) in [4.78, 5) is 0. The summed E-state index contributed by atoms with van der Waals surface area (Å²) < 4.78 is 35.7. The lowest BCUT2D eigenvalue weighted by atomic mass is 9.75. The van der Waals surface area contributed by atoms with Gasteiger partial charge in [-0.05, 0) is 32.6 Å². The zero-order chi connectivity index (χ0) is 25.8. The van der Waals surface area contributed by atoms with Gasteiger partial charge in [-0.25, -0.2) is 0 Å². The molecule has 202 valence electrons. The highest BCUT2D eigenvalue weighted by Crippen LogP contribution is 2.38. The normalized spacial score (nSPS) is 25.8. The van der Waals surface area contributed by atoms with Crippen molar-refractivity contribution in [3.63, 3.8) is 0 Å². The Labute approximate surface area is 206 Å². The van der Waals surface area contributed by atoms with Crippen molar-refractivity contribution in [1.82, 2.24) is 0 Å². The van der Waals surface area contributed by atoms with Crippen molar-refractivity contribution in [2.24, 2.45) is 11.3 Å². The molecule has 0 saturated carbocycles. The molecule has 1 aliphatic heterocycles. The fraction of sp³-hybridized carbons (Fsp3) is 0.923. The molecule has 1 heterocycles. The maximum Gasteiger partial charge on any atom is 0.186 e. The maximum atomic E-state index is 10.4. The average Bonchev–Trinajstić information content (AvgIpc) is 2.72. The molecule has 8 nitrogen and oxygen atoms in total. The third-order valence-electron chi connectivity index (χ3n) is 5.47. The minimum atomic E-state index is -0.788. The van der Waals surface area contributed by atoms with Gasteiger partial charge in [-0.15, -0.1) is 6.58 Å². The molecule has 1 fully saturated rings. The van der Waals surface area contributed by atoms with Crippen LogP contribution in [-0.2, 0) is 28.4 Å². The summed E-state index contributed by atoms with van der Waals surface area (Å²) in [6, 6.07) is 0. The fourth-order valence-electron chi connectivity index (χ4n) is 3.64. The topological polar surface area (TPSA) is 95.8 Å². The molecule has 34 heavy (non-hydrogen) atoms. The summed E-state index contributed by atoms with van der Waals surface area (Å²) >= 11 is 0. The van der Waals surface area contributed by atoms with E-state index in [2.05, 4.69) is 34.3 Å². The van der Waals surface area contributed by atoms with Crippen LogP contribution in [0.2, 0.25) is 0 Å². The van der Waals surface area contributed by atoms with Gasteiger partial charge in [0.2, 0.25) is 0 Å².